The minimum absolute atomic E-state index is 0. The number of hydrogen-bond donors (Lipinski definition) is 3. The number of nitrogens with one attached hydrogen (secondary N) is 2. The second kappa shape index (κ2) is 11.0. The summed E-state index contributed by atoms with van der Waals surface area (Å²) in [4.78, 5) is 20.2. The average Bonchev–Trinajstić information content (AvgIpc) is 2.61. The monoisotopic (exact) mass is 461 g/mol. The number of anilines is 1. The molecule has 0 spiro atoms. The van der Waals surface area contributed by atoms with Gasteiger partial charge in [0.05, 0.1) is 12.2 Å². The van der Waals surface area contributed by atoms with Crippen LogP contribution in [0, 0.1) is 0 Å². The molecule has 1 aromatic rings. The lowest BCUT2D eigenvalue weighted by Gasteiger charge is -2.37. The van der Waals surface area contributed by atoms with Gasteiger partial charge in [-0.2, -0.15) is 0 Å². The Bertz CT molecular complexity index is 574. The number of piperazine rings is 1. The number of phenolic OH excluding ortho intramolecular Hbond substituents is 1. The van der Waals surface area contributed by atoms with Gasteiger partial charge in [0.15, 0.2) is 5.96 Å². The molecule has 25 heavy (non-hydrogen) atoms. The summed E-state index contributed by atoms with van der Waals surface area (Å²) in [6.07, 6.45) is 0.925. The van der Waals surface area contributed by atoms with Gasteiger partial charge in [-0.1, -0.05) is 19.1 Å². The van der Waals surface area contributed by atoms with Crippen molar-refractivity contribution in [2.75, 3.05) is 51.2 Å². The van der Waals surface area contributed by atoms with Crippen molar-refractivity contribution in [3.05, 3.63) is 24.3 Å². The van der Waals surface area contributed by atoms with Crippen molar-refractivity contribution in [1.29, 1.82) is 0 Å². The third-order valence-corrected chi connectivity index (χ3v) is 3.99. The lowest BCUT2D eigenvalue weighted by atomic mass is 10.2. The van der Waals surface area contributed by atoms with Gasteiger partial charge < -0.3 is 25.5 Å². The minimum Gasteiger partial charge on any atom is -0.506 e. The molecule has 0 bridgehead atoms. The number of aromatic hydroxyl groups is 1. The van der Waals surface area contributed by atoms with E-state index in [0.29, 0.717) is 12.3 Å². The number of carbonyl (C=O) groups is 1. The molecule has 0 atom stereocenters. The molecule has 2 rings (SSSR count). The zero-order valence-corrected chi connectivity index (χ0v) is 17.2. The molecule has 0 saturated carbocycles. The Morgan fingerprint density at radius 2 is 1.88 bits per heavy atom. The van der Waals surface area contributed by atoms with Crippen LogP contribution in [0.1, 0.15) is 13.3 Å². The first-order chi connectivity index (χ1) is 11.7. The van der Waals surface area contributed by atoms with Crippen molar-refractivity contribution in [1.82, 2.24) is 15.5 Å². The number of benzene rings is 1. The molecule has 7 nitrogen and oxygen atoms in total. The van der Waals surface area contributed by atoms with Crippen LogP contribution in [0.3, 0.4) is 0 Å². The number of amides is 1. The maximum absolute atomic E-state index is 11.7. The average molecular weight is 461 g/mol. The number of guanidine groups is 1. The molecule has 1 heterocycles. The summed E-state index contributed by atoms with van der Waals surface area (Å²) < 4.78 is 0. The molecule has 0 unspecified atom stereocenters. The normalized spacial score (nSPS) is 14.7. The number of nitrogens with zero attached hydrogens (tertiary/aromatic N) is 3. The van der Waals surface area contributed by atoms with Gasteiger partial charge in [0.1, 0.15) is 5.75 Å². The summed E-state index contributed by atoms with van der Waals surface area (Å²) in [6.45, 7) is 6.09. The van der Waals surface area contributed by atoms with Crippen LogP contribution in [0.5, 0.6) is 5.75 Å². The Hall–Kier alpha value is -1.71. The lowest BCUT2D eigenvalue weighted by molar-refractivity contribution is -0.120. The standard InChI is InChI=1S/C17H27N5O2.HI/c1-3-8-19-16(24)13-20-17(18-2)22-11-9-21(10-12-22)14-6-4-5-7-15(14)23;/h4-7,23H,3,8-13H2,1-2H3,(H,18,20)(H,19,24);1H. The van der Waals surface area contributed by atoms with Crippen molar-refractivity contribution in [3.63, 3.8) is 0 Å². The number of phenols is 1. The highest BCUT2D eigenvalue weighted by Crippen LogP contribution is 2.27. The van der Waals surface area contributed by atoms with Gasteiger partial charge in [-0.05, 0) is 18.6 Å². The van der Waals surface area contributed by atoms with E-state index in [1.54, 1.807) is 13.1 Å². The summed E-state index contributed by atoms with van der Waals surface area (Å²) in [5, 5.41) is 15.9. The highest BCUT2D eigenvalue weighted by molar-refractivity contribution is 14.0. The molecule has 0 aliphatic carbocycles. The predicted octanol–water partition coefficient (Wildman–Crippen LogP) is 1.23. The van der Waals surface area contributed by atoms with Crippen LogP contribution >= 0.6 is 24.0 Å². The molecule has 3 N–H and O–H groups in total. The van der Waals surface area contributed by atoms with Crippen LogP contribution in [0.15, 0.2) is 29.3 Å². The summed E-state index contributed by atoms with van der Waals surface area (Å²) in [6, 6.07) is 7.38. The summed E-state index contributed by atoms with van der Waals surface area (Å²) in [5.41, 5.74) is 0.860. The van der Waals surface area contributed by atoms with Crippen LogP contribution in [0.2, 0.25) is 0 Å². The molecule has 1 aliphatic heterocycles. The lowest BCUT2D eigenvalue weighted by Crippen LogP contribution is -2.53. The van der Waals surface area contributed by atoms with Crippen LogP contribution in [-0.4, -0.2) is 68.2 Å². The van der Waals surface area contributed by atoms with Crippen molar-refractivity contribution >= 4 is 41.5 Å². The second-order valence-corrected chi connectivity index (χ2v) is 5.71. The van der Waals surface area contributed by atoms with E-state index in [9.17, 15) is 9.90 Å². The van der Waals surface area contributed by atoms with Gasteiger partial charge in [0, 0.05) is 39.8 Å². The Labute approximate surface area is 166 Å². The molecular weight excluding hydrogens is 433 g/mol. The highest BCUT2D eigenvalue weighted by atomic mass is 127. The van der Waals surface area contributed by atoms with E-state index in [0.717, 1.165) is 44.2 Å². The summed E-state index contributed by atoms with van der Waals surface area (Å²) >= 11 is 0. The van der Waals surface area contributed by atoms with Gasteiger partial charge in [-0.25, -0.2) is 0 Å². The topological polar surface area (TPSA) is 80.2 Å². The van der Waals surface area contributed by atoms with Crippen molar-refractivity contribution in [2.45, 2.75) is 13.3 Å². The molecule has 0 radical (unpaired) electrons. The van der Waals surface area contributed by atoms with E-state index in [4.69, 9.17) is 0 Å². The number of halogens is 1. The zero-order chi connectivity index (χ0) is 17.4. The fourth-order valence-corrected chi connectivity index (χ4v) is 2.71. The molecule has 0 aromatic heterocycles. The maximum Gasteiger partial charge on any atom is 0.239 e. The fraction of sp³-hybridized carbons (Fsp3) is 0.529. The first kappa shape index (κ1) is 21.3. The van der Waals surface area contributed by atoms with Crippen LogP contribution in [0.25, 0.3) is 0 Å². The molecule has 1 aliphatic rings. The van der Waals surface area contributed by atoms with E-state index in [1.165, 1.54) is 0 Å². The second-order valence-electron chi connectivity index (χ2n) is 5.71. The van der Waals surface area contributed by atoms with Crippen molar-refractivity contribution < 1.29 is 9.90 Å². The number of aliphatic imine (C=N–C) groups is 1. The first-order valence-corrected chi connectivity index (χ1v) is 8.41. The van der Waals surface area contributed by atoms with Gasteiger partial charge in [-0.15, -0.1) is 24.0 Å². The number of rotatable bonds is 5. The number of carbonyl (C=O) groups excluding carboxylic acids is 1. The smallest absolute Gasteiger partial charge is 0.239 e. The SMILES string of the molecule is CCCNC(=O)CNC(=NC)N1CCN(c2ccccc2O)CC1.I. The van der Waals surface area contributed by atoms with E-state index in [2.05, 4.69) is 25.4 Å². The van der Waals surface area contributed by atoms with Crippen molar-refractivity contribution in [3.8, 4) is 5.75 Å². The van der Waals surface area contributed by atoms with Crippen molar-refractivity contribution in [2.24, 2.45) is 4.99 Å². The molecule has 1 saturated heterocycles. The van der Waals surface area contributed by atoms with Crippen LogP contribution < -0.4 is 15.5 Å². The molecule has 1 fully saturated rings. The number of para-hydroxylation sites is 2. The molecule has 140 valence electrons. The largest absolute Gasteiger partial charge is 0.506 e. The quantitative estimate of drug-likeness (QED) is 0.349. The fourth-order valence-electron chi connectivity index (χ4n) is 2.71. The van der Waals surface area contributed by atoms with Crippen LogP contribution in [0.4, 0.5) is 5.69 Å². The molecule has 1 aromatic carbocycles. The maximum atomic E-state index is 11.7. The zero-order valence-electron chi connectivity index (χ0n) is 14.9. The van der Waals surface area contributed by atoms with Gasteiger partial charge >= 0.3 is 0 Å². The predicted molar refractivity (Wildman–Crippen MR) is 112 cm³/mol. The highest BCUT2D eigenvalue weighted by Gasteiger charge is 2.21. The third kappa shape index (κ3) is 6.26. The van der Waals surface area contributed by atoms with Gasteiger partial charge in [0.25, 0.3) is 0 Å². The number of hydrogen-bond acceptors (Lipinski definition) is 4. The third-order valence-electron chi connectivity index (χ3n) is 3.99. The van der Waals surface area contributed by atoms with Gasteiger partial charge in [-0.3, -0.25) is 9.79 Å². The molecule has 8 heteroatoms. The molecule has 1 amide bonds. The first-order valence-electron chi connectivity index (χ1n) is 8.41. The Morgan fingerprint density at radius 1 is 1.20 bits per heavy atom. The Balaban J connectivity index is 0.00000312. The minimum atomic E-state index is -0.0224. The van der Waals surface area contributed by atoms with Gasteiger partial charge in [0.2, 0.25) is 5.91 Å². The summed E-state index contributed by atoms with van der Waals surface area (Å²) in [5.74, 6) is 1.02. The van der Waals surface area contributed by atoms with E-state index in [1.807, 2.05) is 25.1 Å². The van der Waals surface area contributed by atoms with E-state index in [-0.39, 0.29) is 36.4 Å². The van der Waals surface area contributed by atoms with E-state index < -0.39 is 0 Å². The Morgan fingerprint density at radius 3 is 2.48 bits per heavy atom. The molecular formula is C17H28IN5O2. The van der Waals surface area contributed by atoms with E-state index >= 15 is 0 Å². The van der Waals surface area contributed by atoms with Crippen LogP contribution in [-0.2, 0) is 4.79 Å². The summed E-state index contributed by atoms with van der Waals surface area (Å²) in [7, 11) is 1.72. The Kier molecular flexibility index (Phi) is 9.40.